The van der Waals surface area contributed by atoms with Gasteiger partial charge in [-0.2, -0.15) is 4.98 Å². The highest BCUT2D eigenvalue weighted by atomic mass is 16.5. The molecule has 0 spiro atoms. The molecule has 1 N–H and O–H groups in total. The third kappa shape index (κ3) is 3.00. The number of benzene rings is 1. The Kier molecular flexibility index (Phi) is 4.06. The molecular formula is C15H19N3O3. The van der Waals surface area contributed by atoms with Crippen molar-refractivity contribution in [2.24, 2.45) is 0 Å². The SMILES string of the molecule is COc1cc(OC)cc(-c2noc(C3CCCCN3)n2)c1. The zero-order chi connectivity index (χ0) is 14.7. The predicted molar refractivity (Wildman–Crippen MR) is 77.4 cm³/mol. The highest BCUT2D eigenvalue weighted by Gasteiger charge is 2.21. The van der Waals surface area contributed by atoms with E-state index in [1.54, 1.807) is 14.2 Å². The normalized spacial score (nSPS) is 18.5. The first-order valence-corrected chi connectivity index (χ1v) is 7.10. The molecule has 1 unspecified atom stereocenters. The number of nitrogens with zero attached hydrogens (tertiary/aromatic N) is 2. The number of rotatable bonds is 4. The molecule has 1 aliphatic rings. The van der Waals surface area contributed by atoms with Crippen molar-refractivity contribution in [1.29, 1.82) is 0 Å². The van der Waals surface area contributed by atoms with E-state index in [9.17, 15) is 0 Å². The van der Waals surface area contributed by atoms with Gasteiger partial charge in [0, 0.05) is 11.6 Å². The van der Waals surface area contributed by atoms with Gasteiger partial charge in [-0.05, 0) is 31.5 Å². The predicted octanol–water partition coefficient (Wildman–Crippen LogP) is 2.57. The number of piperidine rings is 1. The maximum absolute atomic E-state index is 5.40. The average Bonchev–Trinajstić information content (AvgIpc) is 3.05. The van der Waals surface area contributed by atoms with E-state index in [0.29, 0.717) is 23.2 Å². The minimum Gasteiger partial charge on any atom is -0.497 e. The molecule has 1 atom stereocenters. The molecular weight excluding hydrogens is 270 g/mol. The molecule has 6 heteroatoms. The minimum atomic E-state index is 0.160. The van der Waals surface area contributed by atoms with Gasteiger partial charge in [-0.3, -0.25) is 0 Å². The molecule has 1 aromatic heterocycles. The Morgan fingerprint density at radius 3 is 2.52 bits per heavy atom. The first-order chi connectivity index (χ1) is 10.3. The molecule has 0 bridgehead atoms. The number of methoxy groups -OCH3 is 2. The molecule has 112 valence electrons. The van der Waals surface area contributed by atoms with Crippen LogP contribution in [0.4, 0.5) is 0 Å². The second kappa shape index (κ2) is 6.13. The summed E-state index contributed by atoms with van der Waals surface area (Å²) in [6, 6.07) is 5.71. The fraction of sp³-hybridized carbons (Fsp3) is 0.467. The summed E-state index contributed by atoms with van der Waals surface area (Å²) in [6.07, 6.45) is 3.41. The zero-order valence-electron chi connectivity index (χ0n) is 12.3. The monoisotopic (exact) mass is 289 g/mol. The largest absolute Gasteiger partial charge is 0.497 e. The number of ether oxygens (including phenoxy) is 2. The number of aromatic nitrogens is 2. The molecule has 2 aromatic rings. The molecule has 2 heterocycles. The summed E-state index contributed by atoms with van der Waals surface area (Å²) in [4.78, 5) is 4.50. The topological polar surface area (TPSA) is 69.4 Å². The molecule has 0 radical (unpaired) electrons. The van der Waals surface area contributed by atoms with Crippen molar-refractivity contribution in [1.82, 2.24) is 15.5 Å². The van der Waals surface area contributed by atoms with Gasteiger partial charge in [0.15, 0.2) is 0 Å². The fourth-order valence-corrected chi connectivity index (χ4v) is 2.49. The van der Waals surface area contributed by atoms with Gasteiger partial charge in [-0.15, -0.1) is 0 Å². The van der Waals surface area contributed by atoms with Gasteiger partial charge in [0.1, 0.15) is 11.5 Å². The average molecular weight is 289 g/mol. The Balaban J connectivity index is 1.88. The van der Waals surface area contributed by atoms with Crippen molar-refractivity contribution in [3.63, 3.8) is 0 Å². The van der Waals surface area contributed by atoms with E-state index in [-0.39, 0.29) is 6.04 Å². The summed E-state index contributed by atoms with van der Waals surface area (Å²) >= 11 is 0. The van der Waals surface area contributed by atoms with E-state index in [2.05, 4.69) is 15.5 Å². The van der Waals surface area contributed by atoms with Crippen molar-refractivity contribution in [3.05, 3.63) is 24.1 Å². The number of hydrogen-bond donors (Lipinski definition) is 1. The molecule has 0 saturated carbocycles. The Morgan fingerprint density at radius 1 is 1.14 bits per heavy atom. The maximum Gasteiger partial charge on any atom is 0.244 e. The van der Waals surface area contributed by atoms with Crippen molar-refractivity contribution in [2.75, 3.05) is 20.8 Å². The van der Waals surface area contributed by atoms with Gasteiger partial charge in [0.2, 0.25) is 11.7 Å². The van der Waals surface area contributed by atoms with Crippen LogP contribution in [0.25, 0.3) is 11.4 Å². The van der Waals surface area contributed by atoms with E-state index in [4.69, 9.17) is 14.0 Å². The smallest absolute Gasteiger partial charge is 0.244 e. The fourth-order valence-electron chi connectivity index (χ4n) is 2.49. The Hall–Kier alpha value is -2.08. The Morgan fingerprint density at radius 2 is 1.90 bits per heavy atom. The van der Waals surface area contributed by atoms with Crippen LogP contribution in [-0.4, -0.2) is 30.9 Å². The number of nitrogens with one attached hydrogen (secondary N) is 1. The first-order valence-electron chi connectivity index (χ1n) is 7.10. The summed E-state index contributed by atoms with van der Waals surface area (Å²) in [5.74, 6) is 2.60. The second-order valence-electron chi connectivity index (χ2n) is 5.06. The van der Waals surface area contributed by atoms with E-state index < -0.39 is 0 Å². The van der Waals surface area contributed by atoms with E-state index >= 15 is 0 Å². The van der Waals surface area contributed by atoms with Gasteiger partial charge in [-0.1, -0.05) is 11.6 Å². The van der Waals surface area contributed by atoms with E-state index in [1.165, 1.54) is 12.8 Å². The summed E-state index contributed by atoms with van der Waals surface area (Å²) < 4.78 is 15.9. The van der Waals surface area contributed by atoms with Crippen molar-refractivity contribution in [3.8, 4) is 22.9 Å². The van der Waals surface area contributed by atoms with Crippen molar-refractivity contribution in [2.45, 2.75) is 25.3 Å². The molecule has 1 saturated heterocycles. The second-order valence-corrected chi connectivity index (χ2v) is 5.06. The Bertz CT molecular complexity index is 584. The van der Waals surface area contributed by atoms with Crippen LogP contribution >= 0.6 is 0 Å². The first kappa shape index (κ1) is 13.9. The van der Waals surface area contributed by atoms with Crippen LogP contribution in [0.1, 0.15) is 31.2 Å². The van der Waals surface area contributed by atoms with Crippen LogP contribution in [0.2, 0.25) is 0 Å². The lowest BCUT2D eigenvalue weighted by atomic mass is 10.1. The van der Waals surface area contributed by atoms with Crippen LogP contribution in [0.15, 0.2) is 22.7 Å². The van der Waals surface area contributed by atoms with Crippen LogP contribution in [-0.2, 0) is 0 Å². The Labute approximate surface area is 123 Å². The lowest BCUT2D eigenvalue weighted by Gasteiger charge is -2.19. The molecule has 21 heavy (non-hydrogen) atoms. The third-order valence-corrected chi connectivity index (χ3v) is 3.66. The lowest BCUT2D eigenvalue weighted by molar-refractivity contribution is 0.297. The molecule has 1 aromatic carbocycles. The van der Waals surface area contributed by atoms with Gasteiger partial charge in [-0.25, -0.2) is 0 Å². The molecule has 6 nitrogen and oxygen atoms in total. The van der Waals surface area contributed by atoms with Crippen LogP contribution in [0, 0.1) is 0 Å². The summed E-state index contributed by atoms with van der Waals surface area (Å²) in [6.45, 7) is 0.995. The minimum absolute atomic E-state index is 0.160. The van der Waals surface area contributed by atoms with Crippen LogP contribution in [0.3, 0.4) is 0 Å². The standard InChI is InChI=1S/C15H19N3O3/c1-19-11-7-10(8-12(9-11)20-2)14-17-15(21-18-14)13-5-3-4-6-16-13/h7-9,13,16H,3-6H2,1-2H3. The quantitative estimate of drug-likeness (QED) is 0.933. The van der Waals surface area contributed by atoms with Gasteiger partial charge in [0.05, 0.1) is 20.3 Å². The molecule has 0 aliphatic carbocycles. The van der Waals surface area contributed by atoms with E-state index in [1.807, 2.05) is 18.2 Å². The highest BCUT2D eigenvalue weighted by molar-refractivity contribution is 5.60. The molecule has 0 amide bonds. The van der Waals surface area contributed by atoms with E-state index in [0.717, 1.165) is 18.5 Å². The van der Waals surface area contributed by atoms with Crippen molar-refractivity contribution >= 4 is 0 Å². The summed E-state index contributed by atoms with van der Waals surface area (Å²) in [7, 11) is 3.23. The van der Waals surface area contributed by atoms with Gasteiger partial charge >= 0.3 is 0 Å². The summed E-state index contributed by atoms with van der Waals surface area (Å²) in [5.41, 5.74) is 0.817. The zero-order valence-corrected chi connectivity index (χ0v) is 12.3. The van der Waals surface area contributed by atoms with Crippen molar-refractivity contribution < 1.29 is 14.0 Å². The molecule has 1 fully saturated rings. The third-order valence-electron chi connectivity index (χ3n) is 3.66. The number of hydrogen-bond acceptors (Lipinski definition) is 6. The molecule has 3 rings (SSSR count). The van der Waals surface area contributed by atoms with Crippen LogP contribution < -0.4 is 14.8 Å². The van der Waals surface area contributed by atoms with Crippen LogP contribution in [0.5, 0.6) is 11.5 Å². The molecule has 1 aliphatic heterocycles. The maximum atomic E-state index is 5.40. The summed E-state index contributed by atoms with van der Waals surface area (Å²) in [5, 5.41) is 7.47. The van der Waals surface area contributed by atoms with Gasteiger partial charge in [0.25, 0.3) is 0 Å². The highest BCUT2D eigenvalue weighted by Crippen LogP contribution is 2.29. The lowest BCUT2D eigenvalue weighted by Crippen LogP contribution is -2.26. The van der Waals surface area contributed by atoms with Gasteiger partial charge < -0.3 is 19.3 Å².